The van der Waals surface area contributed by atoms with Crippen LogP contribution in [0, 0.1) is 0 Å². The van der Waals surface area contributed by atoms with Gasteiger partial charge in [-0.2, -0.15) is 0 Å². The Morgan fingerprint density at radius 3 is 2.52 bits per heavy atom. The smallest absolute Gasteiger partial charge is 0.118 e. The summed E-state index contributed by atoms with van der Waals surface area (Å²) in [7, 11) is 1.69. The summed E-state index contributed by atoms with van der Waals surface area (Å²) < 4.78 is 13.4. The van der Waals surface area contributed by atoms with E-state index in [1.807, 2.05) is 30.7 Å². The molecule has 0 aliphatic heterocycles. The first-order valence-corrected chi connectivity index (χ1v) is 8.60. The van der Waals surface area contributed by atoms with E-state index in [0.717, 1.165) is 31.7 Å². The monoisotopic (exact) mass is 336 g/mol. The molecule has 4 heteroatoms. The molecule has 0 spiro atoms. The normalized spacial score (nSPS) is 12.0. The van der Waals surface area contributed by atoms with Crippen molar-refractivity contribution in [2.45, 2.75) is 25.5 Å². The van der Waals surface area contributed by atoms with E-state index >= 15 is 0 Å². The standard InChI is InChI=1S/C21H24N2O2/c1-24-20-11-9-18(10-12-20)6-5-15-25-21(16-23-14-13-22-17-23)19-7-3-2-4-8-19/h2-4,7-14,17,21H,5-6,15-16H2,1H3. The molecule has 1 unspecified atom stereocenters. The molecule has 0 fully saturated rings. The molecule has 3 aromatic rings. The van der Waals surface area contributed by atoms with E-state index in [1.165, 1.54) is 11.1 Å². The van der Waals surface area contributed by atoms with Crippen LogP contribution >= 0.6 is 0 Å². The first-order chi connectivity index (χ1) is 12.3. The minimum atomic E-state index is 0.0336. The zero-order valence-corrected chi connectivity index (χ0v) is 14.5. The van der Waals surface area contributed by atoms with Crippen molar-refractivity contribution < 1.29 is 9.47 Å². The minimum Gasteiger partial charge on any atom is -0.497 e. The fraction of sp³-hybridized carbons (Fsp3) is 0.286. The highest BCUT2D eigenvalue weighted by molar-refractivity contribution is 5.27. The lowest BCUT2D eigenvalue weighted by molar-refractivity contribution is 0.0391. The van der Waals surface area contributed by atoms with Crippen LogP contribution in [-0.2, 0) is 17.7 Å². The lowest BCUT2D eigenvalue weighted by atomic mass is 10.1. The molecule has 0 N–H and O–H groups in total. The summed E-state index contributed by atoms with van der Waals surface area (Å²) in [6, 6.07) is 18.6. The van der Waals surface area contributed by atoms with Gasteiger partial charge < -0.3 is 14.0 Å². The van der Waals surface area contributed by atoms with Crippen LogP contribution in [0.5, 0.6) is 5.75 Å². The number of nitrogens with zero attached hydrogens (tertiary/aromatic N) is 2. The second-order valence-corrected chi connectivity index (χ2v) is 5.98. The third-order valence-electron chi connectivity index (χ3n) is 4.20. The van der Waals surface area contributed by atoms with Gasteiger partial charge in [0.1, 0.15) is 11.9 Å². The van der Waals surface area contributed by atoms with E-state index < -0.39 is 0 Å². The zero-order valence-electron chi connectivity index (χ0n) is 14.5. The number of aromatic nitrogens is 2. The van der Waals surface area contributed by atoms with Crippen LogP contribution < -0.4 is 4.74 Å². The molecule has 1 heterocycles. The molecule has 130 valence electrons. The van der Waals surface area contributed by atoms with Gasteiger partial charge in [-0.1, -0.05) is 42.5 Å². The Hall–Kier alpha value is -2.59. The van der Waals surface area contributed by atoms with Crippen molar-refractivity contribution in [1.82, 2.24) is 9.55 Å². The average Bonchev–Trinajstić information content (AvgIpc) is 3.18. The maximum absolute atomic E-state index is 6.19. The maximum Gasteiger partial charge on any atom is 0.118 e. The van der Waals surface area contributed by atoms with Gasteiger partial charge in [0.15, 0.2) is 0 Å². The van der Waals surface area contributed by atoms with Crippen LogP contribution in [0.4, 0.5) is 0 Å². The van der Waals surface area contributed by atoms with Gasteiger partial charge >= 0.3 is 0 Å². The molecular weight excluding hydrogens is 312 g/mol. The largest absolute Gasteiger partial charge is 0.497 e. The van der Waals surface area contributed by atoms with Crippen molar-refractivity contribution in [3.05, 3.63) is 84.4 Å². The van der Waals surface area contributed by atoms with Gasteiger partial charge in [-0.3, -0.25) is 0 Å². The number of methoxy groups -OCH3 is 1. The molecule has 0 saturated carbocycles. The van der Waals surface area contributed by atoms with E-state index in [4.69, 9.17) is 9.47 Å². The average molecular weight is 336 g/mol. The van der Waals surface area contributed by atoms with Crippen molar-refractivity contribution in [3.63, 3.8) is 0 Å². The summed E-state index contributed by atoms with van der Waals surface area (Å²) in [5.74, 6) is 0.893. The highest BCUT2D eigenvalue weighted by atomic mass is 16.5. The highest BCUT2D eigenvalue weighted by Crippen LogP contribution is 2.20. The summed E-state index contributed by atoms with van der Waals surface area (Å²) in [6.07, 6.45) is 7.61. The van der Waals surface area contributed by atoms with Gasteiger partial charge in [0.05, 0.1) is 20.0 Å². The molecule has 0 bridgehead atoms. The number of ether oxygens (including phenoxy) is 2. The van der Waals surface area contributed by atoms with Crippen LogP contribution in [0.3, 0.4) is 0 Å². The first-order valence-electron chi connectivity index (χ1n) is 8.60. The van der Waals surface area contributed by atoms with E-state index in [1.54, 1.807) is 13.3 Å². The number of hydrogen-bond acceptors (Lipinski definition) is 3. The molecule has 0 aliphatic carbocycles. The Bertz CT molecular complexity index is 724. The predicted molar refractivity (Wildman–Crippen MR) is 98.7 cm³/mol. The predicted octanol–water partition coefficient (Wildman–Crippen LogP) is 4.28. The Morgan fingerprint density at radius 2 is 1.84 bits per heavy atom. The topological polar surface area (TPSA) is 36.3 Å². The van der Waals surface area contributed by atoms with Crippen molar-refractivity contribution in [2.24, 2.45) is 0 Å². The Kier molecular flexibility index (Phi) is 6.23. The molecule has 0 radical (unpaired) electrons. The van der Waals surface area contributed by atoms with E-state index in [-0.39, 0.29) is 6.10 Å². The molecule has 2 aromatic carbocycles. The minimum absolute atomic E-state index is 0.0336. The third-order valence-corrected chi connectivity index (χ3v) is 4.20. The Morgan fingerprint density at radius 1 is 1.04 bits per heavy atom. The summed E-state index contributed by atoms with van der Waals surface area (Å²) in [5, 5.41) is 0. The van der Waals surface area contributed by atoms with Crippen LogP contribution in [0.15, 0.2) is 73.3 Å². The summed E-state index contributed by atoms with van der Waals surface area (Å²) in [4.78, 5) is 4.12. The molecule has 25 heavy (non-hydrogen) atoms. The second kappa shape index (κ2) is 9.04. The molecule has 0 aliphatic rings. The van der Waals surface area contributed by atoms with Crippen LogP contribution in [0.1, 0.15) is 23.7 Å². The molecule has 0 saturated heterocycles. The number of imidazole rings is 1. The Labute approximate surface area is 149 Å². The molecule has 4 nitrogen and oxygen atoms in total. The van der Waals surface area contributed by atoms with Crippen LogP contribution in [0.2, 0.25) is 0 Å². The summed E-state index contributed by atoms with van der Waals surface area (Å²) >= 11 is 0. The van der Waals surface area contributed by atoms with Gasteiger partial charge in [-0.25, -0.2) is 4.98 Å². The van der Waals surface area contributed by atoms with E-state index in [0.29, 0.717) is 0 Å². The molecule has 3 rings (SSSR count). The fourth-order valence-electron chi connectivity index (χ4n) is 2.80. The molecule has 0 amide bonds. The maximum atomic E-state index is 6.19. The quantitative estimate of drug-likeness (QED) is 0.547. The SMILES string of the molecule is COc1ccc(CCCOC(Cn2ccnc2)c2ccccc2)cc1. The number of rotatable bonds is 9. The lowest BCUT2D eigenvalue weighted by Gasteiger charge is -2.19. The van der Waals surface area contributed by atoms with E-state index in [2.05, 4.69) is 45.9 Å². The summed E-state index contributed by atoms with van der Waals surface area (Å²) in [5.41, 5.74) is 2.50. The van der Waals surface area contributed by atoms with Crippen molar-refractivity contribution >= 4 is 0 Å². The highest BCUT2D eigenvalue weighted by Gasteiger charge is 2.12. The first kappa shape index (κ1) is 17.2. The Balaban J connectivity index is 1.53. The molecule has 1 atom stereocenters. The number of benzene rings is 2. The summed E-state index contributed by atoms with van der Waals surface area (Å²) in [6.45, 7) is 1.49. The van der Waals surface area contributed by atoms with Crippen molar-refractivity contribution in [3.8, 4) is 5.75 Å². The van der Waals surface area contributed by atoms with Crippen molar-refractivity contribution in [1.29, 1.82) is 0 Å². The van der Waals surface area contributed by atoms with E-state index in [9.17, 15) is 0 Å². The van der Waals surface area contributed by atoms with Gasteiger partial charge in [0.25, 0.3) is 0 Å². The van der Waals surface area contributed by atoms with Gasteiger partial charge in [0.2, 0.25) is 0 Å². The van der Waals surface area contributed by atoms with Crippen molar-refractivity contribution in [2.75, 3.05) is 13.7 Å². The number of hydrogen-bond donors (Lipinski definition) is 0. The van der Waals surface area contributed by atoms with Gasteiger partial charge in [0, 0.05) is 19.0 Å². The molecular formula is C21H24N2O2. The number of aryl methyl sites for hydroxylation is 1. The third kappa shape index (κ3) is 5.19. The van der Waals surface area contributed by atoms with Gasteiger partial charge in [-0.15, -0.1) is 0 Å². The molecule has 1 aromatic heterocycles. The van der Waals surface area contributed by atoms with Crippen LogP contribution in [0.25, 0.3) is 0 Å². The second-order valence-electron chi connectivity index (χ2n) is 5.98. The van der Waals surface area contributed by atoms with Crippen LogP contribution in [-0.4, -0.2) is 23.3 Å². The fourth-order valence-corrected chi connectivity index (χ4v) is 2.80. The zero-order chi connectivity index (χ0) is 17.3. The lowest BCUT2D eigenvalue weighted by Crippen LogP contribution is -2.13. The van der Waals surface area contributed by atoms with Gasteiger partial charge in [-0.05, 0) is 36.1 Å².